The first kappa shape index (κ1) is 15.0. The highest BCUT2D eigenvalue weighted by Crippen LogP contribution is 2.32. The molecule has 0 aliphatic carbocycles. The maximum absolute atomic E-state index is 10.7. The molecule has 0 saturated heterocycles. The van der Waals surface area contributed by atoms with Crippen molar-refractivity contribution in [1.82, 2.24) is 5.32 Å². The second-order valence-corrected chi connectivity index (χ2v) is 5.96. The quantitative estimate of drug-likeness (QED) is 0.681. The normalized spacial score (nSPS) is 11.2. The van der Waals surface area contributed by atoms with Gasteiger partial charge in [0.25, 0.3) is 4.82 Å². The van der Waals surface area contributed by atoms with Gasteiger partial charge in [-0.15, -0.1) is 0 Å². The lowest BCUT2D eigenvalue weighted by molar-refractivity contribution is 0.262. The van der Waals surface area contributed by atoms with Crippen LogP contribution in [0.5, 0.6) is 5.75 Å². The average molecular weight is 314 g/mol. The molecule has 0 saturated carbocycles. The van der Waals surface area contributed by atoms with E-state index in [1.165, 1.54) is 11.1 Å². The van der Waals surface area contributed by atoms with Gasteiger partial charge in [0.2, 0.25) is 0 Å². The minimum atomic E-state index is -0.174. The molecule has 3 nitrogen and oxygen atoms in total. The van der Waals surface area contributed by atoms with E-state index in [9.17, 15) is 4.79 Å². The second-order valence-electron chi connectivity index (χ2n) is 5.24. The maximum atomic E-state index is 10.7. The highest BCUT2D eigenvalue weighted by Gasteiger charge is 2.19. The fourth-order valence-corrected chi connectivity index (χ4v) is 2.00. The van der Waals surface area contributed by atoms with Crippen LogP contribution in [0.4, 0.5) is 4.79 Å². The van der Waals surface area contributed by atoms with Gasteiger partial charge in [-0.3, -0.25) is 4.79 Å². The van der Waals surface area contributed by atoms with Crippen molar-refractivity contribution in [3.05, 3.63) is 29.3 Å². The number of hydrogen-bond acceptors (Lipinski definition) is 2. The predicted octanol–water partition coefficient (Wildman–Crippen LogP) is 3.64. The van der Waals surface area contributed by atoms with Gasteiger partial charge in [-0.2, -0.15) is 0 Å². The Morgan fingerprint density at radius 1 is 1.39 bits per heavy atom. The van der Waals surface area contributed by atoms with E-state index in [2.05, 4.69) is 48.1 Å². The molecule has 0 bridgehead atoms. The first-order valence-electron chi connectivity index (χ1n) is 5.95. The summed E-state index contributed by atoms with van der Waals surface area (Å²) in [4.78, 5) is 10.6. The van der Waals surface area contributed by atoms with Crippen LogP contribution in [-0.4, -0.2) is 18.5 Å². The summed E-state index contributed by atoms with van der Waals surface area (Å²) >= 11 is 2.85. The molecule has 0 unspecified atom stereocenters. The van der Waals surface area contributed by atoms with Gasteiger partial charge in [0.15, 0.2) is 0 Å². The van der Waals surface area contributed by atoms with E-state index >= 15 is 0 Å². The van der Waals surface area contributed by atoms with Crippen LogP contribution in [-0.2, 0) is 11.8 Å². The van der Waals surface area contributed by atoms with Crippen LogP contribution in [0.2, 0.25) is 0 Å². The molecule has 0 fully saturated rings. The Morgan fingerprint density at radius 3 is 2.56 bits per heavy atom. The summed E-state index contributed by atoms with van der Waals surface area (Å²) in [5, 5.41) is 2.73. The topological polar surface area (TPSA) is 38.3 Å². The van der Waals surface area contributed by atoms with Crippen LogP contribution in [0, 0.1) is 0 Å². The molecule has 0 aromatic heterocycles. The van der Waals surface area contributed by atoms with E-state index in [4.69, 9.17) is 4.74 Å². The van der Waals surface area contributed by atoms with Gasteiger partial charge < -0.3 is 10.1 Å². The summed E-state index contributed by atoms with van der Waals surface area (Å²) in [5.74, 6) is 0.913. The third-order valence-corrected chi connectivity index (χ3v) is 3.03. The molecule has 4 heteroatoms. The van der Waals surface area contributed by atoms with Gasteiger partial charge in [-0.1, -0.05) is 32.9 Å². The van der Waals surface area contributed by atoms with Crippen LogP contribution in [0.25, 0.3) is 0 Å². The monoisotopic (exact) mass is 313 g/mol. The number of carbonyl (C=O) groups excluding carboxylic acids is 1. The largest absolute Gasteiger partial charge is 0.496 e. The standard InChI is InChI=1S/C14H20BrNO2/c1-14(2,3)11-9-10(5-6-12(11)18-4)7-8-16-13(15)17/h5-6,9H,7-8H2,1-4H3,(H,16,17). The Balaban J connectivity index is 2.86. The first-order chi connectivity index (χ1) is 8.34. The van der Waals surface area contributed by atoms with E-state index < -0.39 is 0 Å². The second kappa shape index (κ2) is 6.23. The zero-order valence-corrected chi connectivity index (χ0v) is 12.9. The molecule has 0 aliphatic rings. The SMILES string of the molecule is COc1ccc(CCNC(=O)Br)cc1C(C)(C)C. The van der Waals surface area contributed by atoms with Gasteiger partial charge >= 0.3 is 0 Å². The lowest BCUT2D eigenvalue weighted by Crippen LogP contribution is -2.19. The molecular formula is C14H20BrNO2. The number of nitrogens with one attached hydrogen (secondary N) is 1. The van der Waals surface area contributed by atoms with Gasteiger partial charge in [-0.25, -0.2) is 0 Å². The highest BCUT2D eigenvalue weighted by atomic mass is 79.9. The summed E-state index contributed by atoms with van der Waals surface area (Å²) in [6.07, 6.45) is 0.810. The summed E-state index contributed by atoms with van der Waals surface area (Å²) < 4.78 is 5.39. The number of methoxy groups -OCH3 is 1. The maximum Gasteiger partial charge on any atom is 0.287 e. The number of rotatable bonds is 4. The fourth-order valence-electron chi connectivity index (χ4n) is 1.80. The van der Waals surface area contributed by atoms with Crippen LogP contribution < -0.4 is 10.1 Å². The molecule has 1 N–H and O–H groups in total. The van der Waals surface area contributed by atoms with Crippen molar-refractivity contribution in [3.8, 4) is 5.75 Å². The van der Waals surface area contributed by atoms with E-state index in [1.54, 1.807) is 7.11 Å². The molecule has 0 heterocycles. The van der Waals surface area contributed by atoms with Crippen molar-refractivity contribution in [2.24, 2.45) is 0 Å². The van der Waals surface area contributed by atoms with Crippen LogP contribution in [0.15, 0.2) is 18.2 Å². The number of halogens is 1. The number of carbonyl (C=O) groups is 1. The summed E-state index contributed by atoms with van der Waals surface area (Å²) in [6.45, 7) is 7.11. The number of hydrogen-bond donors (Lipinski definition) is 1. The number of amides is 1. The Morgan fingerprint density at radius 2 is 2.06 bits per heavy atom. The van der Waals surface area contributed by atoms with Gasteiger partial charge in [0, 0.05) is 22.5 Å². The molecule has 1 rings (SSSR count). The molecule has 0 aliphatic heterocycles. The Bertz CT molecular complexity index is 424. The van der Waals surface area contributed by atoms with Crippen molar-refractivity contribution in [2.75, 3.05) is 13.7 Å². The summed E-state index contributed by atoms with van der Waals surface area (Å²) in [7, 11) is 1.69. The van der Waals surface area contributed by atoms with E-state index in [0.29, 0.717) is 6.54 Å². The van der Waals surface area contributed by atoms with Gasteiger partial charge in [0.1, 0.15) is 5.75 Å². The van der Waals surface area contributed by atoms with Crippen molar-refractivity contribution in [3.63, 3.8) is 0 Å². The van der Waals surface area contributed by atoms with Crippen molar-refractivity contribution in [2.45, 2.75) is 32.6 Å². The lowest BCUT2D eigenvalue weighted by atomic mass is 9.85. The lowest BCUT2D eigenvalue weighted by Gasteiger charge is -2.23. The van der Waals surface area contributed by atoms with Crippen LogP contribution >= 0.6 is 15.9 Å². The molecule has 0 spiro atoms. The van der Waals surface area contributed by atoms with E-state index in [-0.39, 0.29) is 10.2 Å². The molecule has 1 aromatic rings. The fraction of sp³-hybridized carbons (Fsp3) is 0.500. The first-order valence-corrected chi connectivity index (χ1v) is 6.74. The smallest absolute Gasteiger partial charge is 0.287 e. The summed E-state index contributed by atoms with van der Waals surface area (Å²) in [6, 6.07) is 6.18. The van der Waals surface area contributed by atoms with Crippen LogP contribution in [0.3, 0.4) is 0 Å². The molecule has 18 heavy (non-hydrogen) atoms. The zero-order chi connectivity index (χ0) is 13.8. The van der Waals surface area contributed by atoms with Crippen molar-refractivity contribution < 1.29 is 9.53 Å². The minimum absolute atomic E-state index is 0.0417. The highest BCUT2D eigenvalue weighted by molar-refractivity contribution is 9.18. The molecular weight excluding hydrogens is 294 g/mol. The van der Waals surface area contributed by atoms with Gasteiger partial charge in [0.05, 0.1) is 7.11 Å². The molecule has 0 radical (unpaired) electrons. The van der Waals surface area contributed by atoms with E-state index in [0.717, 1.165) is 12.2 Å². The average Bonchev–Trinajstić information content (AvgIpc) is 2.27. The predicted molar refractivity (Wildman–Crippen MR) is 77.7 cm³/mol. The molecule has 0 atom stereocenters. The number of benzene rings is 1. The van der Waals surface area contributed by atoms with E-state index in [1.807, 2.05) is 12.1 Å². The zero-order valence-electron chi connectivity index (χ0n) is 11.3. The molecule has 1 amide bonds. The van der Waals surface area contributed by atoms with Gasteiger partial charge in [-0.05, 0) is 29.0 Å². The van der Waals surface area contributed by atoms with Crippen molar-refractivity contribution >= 4 is 20.7 Å². The van der Waals surface area contributed by atoms with Crippen LogP contribution in [0.1, 0.15) is 31.9 Å². The third-order valence-electron chi connectivity index (χ3n) is 2.75. The Kier molecular flexibility index (Phi) is 5.20. The number of ether oxygens (including phenoxy) is 1. The molecule has 1 aromatic carbocycles. The Hall–Kier alpha value is -1.03. The van der Waals surface area contributed by atoms with Crippen molar-refractivity contribution in [1.29, 1.82) is 0 Å². The molecule has 100 valence electrons. The summed E-state index contributed by atoms with van der Waals surface area (Å²) in [5.41, 5.74) is 2.43. The Labute approximate surface area is 117 Å². The third kappa shape index (κ3) is 4.33. The minimum Gasteiger partial charge on any atom is -0.496 e.